The van der Waals surface area contributed by atoms with Crippen molar-refractivity contribution in [3.8, 4) is 11.5 Å². The van der Waals surface area contributed by atoms with Gasteiger partial charge in [0.25, 0.3) is 0 Å². The van der Waals surface area contributed by atoms with E-state index in [0.29, 0.717) is 6.61 Å². The fraction of sp³-hybridized carbons (Fsp3) is 0.250. The third-order valence-electron chi connectivity index (χ3n) is 3.10. The van der Waals surface area contributed by atoms with E-state index in [0.717, 1.165) is 29.4 Å². The van der Waals surface area contributed by atoms with Crippen LogP contribution in [0, 0.1) is 0 Å². The molecule has 0 saturated heterocycles. The second-order valence-electron chi connectivity index (χ2n) is 4.48. The third-order valence-corrected chi connectivity index (χ3v) is 3.10. The molecule has 0 saturated carbocycles. The van der Waals surface area contributed by atoms with Crippen molar-refractivity contribution in [3.05, 3.63) is 48.5 Å². The van der Waals surface area contributed by atoms with E-state index in [1.807, 2.05) is 55.6 Å². The normalized spacial score (nSPS) is 10.1. The lowest BCUT2D eigenvalue weighted by Gasteiger charge is -2.21. The van der Waals surface area contributed by atoms with Crippen molar-refractivity contribution in [1.29, 1.82) is 0 Å². The molecule has 0 amide bonds. The van der Waals surface area contributed by atoms with Crippen LogP contribution in [0.1, 0.15) is 0 Å². The van der Waals surface area contributed by atoms with Crippen LogP contribution in [0.15, 0.2) is 48.5 Å². The molecule has 0 unspecified atom stereocenters. The van der Waals surface area contributed by atoms with Gasteiger partial charge < -0.3 is 20.1 Å². The molecule has 0 aliphatic rings. The van der Waals surface area contributed by atoms with Gasteiger partial charge in [0.15, 0.2) is 11.5 Å². The maximum atomic E-state index is 5.95. The molecule has 0 bridgehead atoms. The van der Waals surface area contributed by atoms with E-state index in [9.17, 15) is 0 Å². The molecule has 106 valence electrons. The molecule has 0 aliphatic heterocycles. The Balaban J connectivity index is 1.91. The topological polar surface area (TPSA) is 47.7 Å². The predicted molar refractivity (Wildman–Crippen MR) is 82.6 cm³/mol. The van der Waals surface area contributed by atoms with E-state index in [-0.39, 0.29) is 0 Å². The summed E-state index contributed by atoms with van der Waals surface area (Å²) in [6, 6.07) is 15.4. The van der Waals surface area contributed by atoms with Crippen LogP contribution in [0.25, 0.3) is 0 Å². The highest BCUT2D eigenvalue weighted by atomic mass is 16.5. The number of anilines is 2. The summed E-state index contributed by atoms with van der Waals surface area (Å²) in [7, 11) is 3.64. The first-order valence-corrected chi connectivity index (χ1v) is 6.54. The van der Waals surface area contributed by atoms with Crippen LogP contribution in [0.2, 0.25) is 0 Å². The zero-order valence-electron chi connectivity index (χ0n) is 11.9. The first kappa shape index (κ1) is 14.1. The Bertz CT molecular complexity index is 558. The number of nitrogens with two attached hydrogens (primary N) is 1. The lowest BCUT2D eigenvalue weighted by Crippen LogP contribution is -2.24. The number of methoxy groups -OCH3 is 1. The largest absolute Gasteiger partial charge is 0.493 e. The average molecular weight is 272 g/mol. The molecule has 2 aromatic carbocycles. The van der Waals surface area contributed by atoms with E-state index in [1.165, 1.54) is 0 Å². The van der Waals surface area contributed by atoms with Gasteiger partial charge in [-0.3, -0.25) is 0 Å². The van der Waals surface area contributed by atoms with Crippen LogP contribution in [0.4, 0.5) is 11.4 Å². The van der Waals surface area contributed by atoms with E-state index >= 15 is 0 Å². The first-order valence-electron chi connectivity index (χ1n) is 6.54. The van der Waals surface area contributed by atoms with Crippen molar-refractivity contribution in [2.24, 2.45) is 0 Å². The number of nitrogen functional groups attached to an aromatic ring is 1. The number of para-hydroxylation sites is 4. The molecule has 0 heterocycles. The van der Waals surface area contributed by atoms with Gasteiger partial charge in [0.2, 0.25) is 0 Å². The second-order valence-corrected chi connectivity index (χ2v) is 4.48. The summed E-state index contributed by atoms with van der Waals surface area (Å²) < 4.78 is 11.0. The average Bonchev–Trinajstić information content (AvgIpc) is 2.48. The maximum absolute atomic E-state index is 5.95. The van der Waals surface area contributed by atoms with Crippen molar-refractivity contribution in [1.82, 2.24) is 0 Å². The van der Waals surface area contributed by atoms with Crippen LogP contribution in [-0.2, 0) is 0 Å². The molecular weight excluding hydrogens is 252 g/mol. The summed E-state index contributed by atoms with van der Waals surface area (Å²) in [5, 5.41) is 0. The van der Waals surface area contributed by atoms with Crippen molar-refractivity contribution in [3.63, 3.8) is 0 Å². The van der Waals surface area contributed by atoms with Crippen molar-refractivity contribution in [2.45, 2.75) is 0 Å². The van der Waals surface area contributed by atoms with E-state index < -0.39 is 0 Å². The number of ether oxygens (including phenoxy) is 2. The Hall–Kier alpha value is -2.36. The summed E-state index contributed by atoms with van der Waals surface area (Å²) in [5.74, 6) is 1.50. The van der Waals surface area contributed by atoms with Gasteiger partial charge in [-0.1, -0.05) is 24.3 Å². The zero-order valence-corrected chi connectivity index (χ0v) is 11.9. The van der Waals surface area contributed by atoms with Crippen LogP contribution in [0.3, 0.4) is 0 Å². The molecule has 0 aromatic heterocycles. The first-order chi connectivity index (χ1) is 9.72. The highest BCUT2D eigenvalue weighted by Crippen LogP contribution is 2.26. The van der Waals surface area contributed by atoms with Gasteiger partial charge in [0, 0.05) is 7.05 Å². The van der Waals surface area contributed by atoms with Crippen molar-refractivity contribution >= 4 is 11.4 Å². The Kier molecular flexibility index (Phi) is 4.71. The van der Waals surface area contributed by atoms with E-state index in [2.05, 4.69) is 4.90 Å². The van der Waals surface area contributed by atoms with Crippen molar-refractivity contribution < 1.29 is 9.47 Å². The van der Waals surface area contributed by atoms with Crippen LogP contribution >= 0.6 is 0 Å². The molecule has 2 rings (SSSR count). The molecule has 0 atom stereocenters. The highest BCUT2D eigenvalue weighted by molar-refractivity contribution is 5.66. The summed E-state index contributed by atoms with van der Waals surface area (Å²) in [5.41, 5.74) is 7.73. The lowest BCUT2D eigenvalue weighted by atomic mass is 10.2. The lowest BCUT2D eigenvalue weighted by molar-refractivity contribution is 0.301. The predicted octanol–water partition coefficient (Wildman–Crippen LogP) is 2.79. The number of hydrogen-bond donors (Lipinski definition) is 1. The van der Waals surface area contributed by atoms with Crippen molar-refractivity contribution in [2.75, 3.05) is 37.9 Å². The Labute approximate surface area is 119 Å². The van der Waals surface area contributed by atoms with Crippen LogP contribution < -0.4 is 20.1 Å². The van der Waals surface area contributed by atoms with Gasteiger partial charge in [-0.05, 0) is 24.3 Å². The summed E-state index contributed by atoms with van der Waals surface area (Å²) in [6.07, 6.45) is 0. The number of rotatable bonds is 6. The molecule has 20 heavy (non-hydrogen) atoms. The smallest absolute Gasteiger partial charge is 0.161 e. The van der Waals surface area contributed by atoms with Crippen LogP contribution in [-0.4, -0.2) is 27.3 Å². The number of benzene rings is 2. The zero-order chi connectivity index (χ0) is 14.4. The van der Waals surface area contributed by atoms with E-state index in [4.69, 9.17) is 15.2 Å². The van der Waals surface area contributed by atoms with Crippen LogP contribution in [0.5, 0.6) is 11.5 Å². The van der Waals surface area contributed by atoms with Gasteiger partial charge in [-0.25, -0.2) is 0 Å². The quantitative estimate of drug-likeness (QED) is 0.821. The number of nitrogens with zero attached hydrogens (tertiary/aromatic N) is 1. The summed E-state index contributed by atoms with van der Waals surface area (Å²) >= 11 is 0. The molecule has 0 fully saturated rings. The molecule has 0 aliphatic carbocycles. The van der Waals surface area contributed by atoms with Gasteiger partial charge in [-0.2, -0.15) is 0 Å². The maximum Gasteiger partial charge on any atom is 0.161 e. The van der Waals surface area contributed by atoms with Gasteiger partial charge in [-0.15, -0.1) is 0 Å². The molecule has 2 N–H and O–H groups in total. The standard InChI is InChI=1S/C16H20N2O2/c1-18(14-8-4-3-7-13(14)17)11-12-20-16-10-6-5-9-15(16)19-2/h3-10H,11-12,17H2,1-2H3. The minimum atomic E-state index is 0.561. The summed E-state index contributed by atoms with van der Waals surface area (Å²) in [4.78, 5) is 2.07. The van der Waals surface area contributed by atoms with E-state index in [1.54, 1.807) is 7.11 Å². The fourth-order valence-corrected chi connectivity index (χ4v) is 1.99. The molecule has 0 spiro atoms. The minimum absolute atomic E-state index is 0.561. The Morgan fingerprint density at radius 2 is 1.65 bits per heavy atom. The van der Waals surface area contributed by atoms with Gasteiger partial charge in [0.05, 0.1) is 25.0 Å². The molecule has 0 radical (unpaired) electrons. The van der Waals surface area contributed by atoms with Gasteiger partial charge in [0.1, 0.15) is 6.61 Å². The monoisotopic (exact) mass is 272 g/mol. The Morgan fingerprint density at radius 1 is 1.00 bits per heavy atom. The third kappa shape index (κ3) is 3.35. The number of hydrogen-bond acceptors (Lipinski definition) is 4. The molecular formula is C16H20N2O2. The SMILES string of the molecule is COc1ccccc1OCCN(C)c1ccccc1N. The fourth-order valence-electron chi connectivity index (χ4n) is 1.99. The second kappa shape index (κ2) is 6.70. The molecule has 4 heteroatoms. The highest BCUT2D eigenvalue weighted by Gasteiger charge is 2.06. The molecule has 2 aromatic rings. The number of likely N-dealkylation sites (N-methyl/N-ethyl adjacent to an activating group) is 1. The molecule has 4 nitrogen and oxygen atoms in total. The Morgan fingerprint density at radius 3 is 2.35 bits per heavy atom. The minimum Gasteiger partial charge on any atom is -0.493 e. The summed E-state index contributed by atoms with van der Waals surface area (Å²) in [6.45, 7) is 1.30. The van der Waals surface area contributed by atoms with Gasteiger partial charge >= 0.3 is 0 Å².